The van der Waals surface area contributed by atoms with Crippen LogP contribution in [0.2, 0.25) is 0 Å². The SMILES string of the molecule is C[S+](C)CCC(C#N)C#N.[I-]. The van der Waals surface area contributed by atoms with Gasteiger partial charge in [-0.1, -0.05) is 0 Å². The van der Waals surface area contributed by atoms with Crippen LogP contribution >= 0.6 is 0 Å². The van der Waals surface area contributed by atoms with E-state index in [1.165, 1.54) is 0 Å². The van der Waals surface area contributed by atoms with E-state index in [4.69, 9.17) is 10.5 Å². The second-order valence-electron chi connectivity index (χ2n) is 2.29. The predicted molar refractivity (Wildman–Crippen MR) is 43.4 cm³/mol. The molecule has 4 heteroatoms. The highest BCUT2D eigenvalue weighted by molar-refractivity contribution is 7.95. The van der Waals surface area contributed by atoms with Gasteiger partial charge in [-0.25, -0.2) is 0 Å². The first-order valence-electron chi connectivity index (χ1n) is 3.04. The predicted octanol–water partition coefficient (Wildman–Crippen LogP) is -2.08. The van der Waals surface area contributed by atoms with E-state index < -0.39 is 5.92 Å². The molecule has 62 valence electrons. The van der Waals surface area contributed by atoms with Gasteiger partial charge in [0, 0.05) is 6.42 Å². The molecule has 11 heavy (non-hydrogen) atoms. The molecule has 0 spiro atoms. The minimum Gasteiger partial charge on any atom is -1.00 e. The zero-order valence-electron chi connectivity index (χ0n) is 6.67. The fourth-order valence-electron chi connectivity index (χ4n) is 0.512. The summed E-state index contributed by atoms with van der Waals surface area (Å²) in [5, 5.41) is 16.7. The minimum absolute atomic E-state index is 0. The van der Waals surface area contributed by atoms with Crippen LogP contribution in [0.5, 0.6) is 0 Å². The summed E-state index contributed by atoms with van der Waals surface area (Å²) in [7, 11) is 0.358. The van der Waals surface area contributed by atoms with E-state index in [0.717, 1.165) is 12.2 Å². The molecular weight excluding hydrogens is 271 g/mol. The Hall–Kier alpha value is 0.0600. The van der Waals surface area contributed by atoms with Gasteiger partial charge in [0.25, 0.3) is 0 Å². The van der Waals surface area contributed by atoms with Crippen LogP contribution in [0, 0.1) is 28.6 Å². The lowest BCUT2D eigenvalue weighted by Gasteiger charge is -1.95. The zero-order chi connectivity index (χ0) is 7.98. The van der Waals surface area contributed by atoms with Gasteiger partial charge >= 0.3 is 0 Å². The van der Waals surface area contributed by atoms with Gasteiger partial charge in [0.15, 0.2) is 0 Å². The van der Waals surface area contributed by atoms with Crippen LogP contribution in [0.25, 0.3) is 0 Å². The number of nitriles is 2. The van der Waals surface area contributed by atoms with Crippen LogP contribution in [0.4, 0.5) is 0 Å². The summed E-state index contributed by atoms with van der Waals surface area (Å²) in [6.07, 6.45) is 4.96. The fraction of sp³-hybridized carbons (Fsp3) is 0.714. The van der Waals surface area contributed by atoms with Crippen molar-refractivity contribution >= 4 is 10.9 Å². The maximum atomic E-state index is 8.37. The molecule has 0 aliphatic carbocycles. The Morgan fingerprint density at radius 1 is 1.27 bits per heavy atom. The van der Waals surface area contributed by atoms with Crippen molar-refractivity contribution in [1.29, 1.82) is 10.5 Å². The molecule has 0 unspecified atom stereocenters. The summed E-state index contributed by atoms with van der Waals surface area (Å²) >= 11 is 0. The lowest BCUT2D eigenvalue weighted by molar-refractivity contribution is -0.00000275. The summed E-state index contributed by atoms with van der Waals surface area (Å²) < 4.78 is 0. The van der Waals surface area contributed by atoms with Gasteiger partial charge < -0.3 is 24.0 Å². The quantitative estimate of drug-likeness (QED) is 0.441. The molecule has 2 nitrogen and oxygen atoms in total. The van der Waals surface area contributed by atoms with Crippen LogP contribution < -0.4 is 24.0 Å². The van der Waals surface area contributed by atoms with Gasteiger partial charge in [-0.05, 0) is 10.9 Å². The van der Waals surface area contributed by atoms with Crippen LogP contribution in [0.3, 0.4) is 0 Å². The molecule has 0 amide bonds. The van der Waals surface area contributed by atoms with E-state index in [1.807, 2.05) is 12.1 Å². The highest BCUT2D eigenvalue weighted by Crippen LogP contribution is 2.01. The summed E-state index contributed by atoms with van der Waals surface area (Å²) in [6, 6.07) is 3.90. The lowest BCUT2D eigenvalue weighted by atomic mass is 10.1. The van der Waals surface area contributed by atoms with Gasteiger partial charge in [0.2, 0.25) is 0 Å². The van der Waals surface area contributed by atoms with Gasteiger partial charge in [0.05, 0.1) is 24.6 Å². The molecule has 0 aromatic heterocycles. The second kappa shape index (κ2) is 8.16. The standard InChI is InChI=1S/C7H11N2S.HI/c1-10(2)4-3-7(5-8)6-9;/h7H,3-4H2,1-2H3;1H/q+1;/p-1. The third kappa shape index (κ3) is 7.96. The molecule has 0 aliphatic heterocycles. The van der Waals surface area contributed by atoms with Crippen LogP contribution in [0.15, 0.2) is 0 Å². The molecular formula is C7H11IN2S. The van der Waals surface area contributed by atoms with E-state index in [-0.39, 0.29) is 24.0 Å². The van der Waals surface area contributed by atoms with E-state index >= 15 is 0 Å². The molecule has 0 heterocycles. The van der Waals surface area contributed by atoms with Crippen LogP contribution in [-0.2, 0) is 10.9 Å². The first-order chi connectivity index (χ1) is 4.70. The van der Waals surface area contributed by atoms with Gasteiger partial charge in [-0.15, -0.1) is 0 Å². The van der Waals surface area contributed by atoms with Crippen molar-refractivity contribution in [3.63, 3.8) is 0 Å². The lowest BCUT2D eigenvalue weighted by Crippen LogP contribution is -3.00. The summed E-state index contributed by atoms with van der Waals surface area (Å²) in [5.74, 6) is 0.598. The van der Waals surface area contributed by atoms with Crippen molar-refractivity contribution in [2.45, 2.75) is 6.42 Å². The summed E-state index contributed by atoms with van der Waals surface area (Å²) in [4.78, 5) is 0. The van der Waals surface area contributed by atoms with E-state index in [2.05, 4.69) is 12.5 Å². The molecule has 0 N–H and O–H groups in total. The number of halogens is 1. The molecule has 0 bridgehead atoms. The Bertz CT molecular complexity index is 154. The molecule has 0 saturated carbocycles. The number of nitrogens with zero attached hydrogens (tertiary/aromatic N) is 2. The zero-order valence-corrected chi connectivity index (χ0v) is 9.65. The van der Waals surface area contributed by atoms with Crippen molar-refractivity contribution < 1.29 is 24.0 Å². The second-order valence-corrected chi connectivity index (χ2v) is 4.67. The highest BCUT2D eigenvalue weighted by Gasteiger charge is 2.09. The topological polar surface area (TPSA) is 47.6 Å². The average Bonchev–Trinajstić information content (AvgIpc) is 1.90. The number of hydrogen-bond acceptors (Lipinski definition) is 2. The molecule has 0 aromatic rings. The Labute approximate surface area is 87.9 Å². The van der Waals surface area contributed by atoms with Gasteiger partial charge in [-0.2, -0.15) is 10.5 Å². The summed E-state index contributed by atoms with van der Waals surface area (Å²) in [5.41, 5.74) is 0. The van der Waals surface area contributed by atoms with Crippen LogP contribution in [-0.4, -0.2) is 18.3 Å². The van der Waals surface area contributed by atoms with Gasteiger partial charge in [-0.3, -0.25) is 0 Å². The molecule has 0 aromatic carbocycles. The largest absolute Gasteiger partial charge is 1.00 e. The molecule has 0 atom stereocenters. The average molecular weight is 282 g/mol. The van der Waals surface area contributed by atoms with Crippen molar-refractivity contribution in [3.8, 4) is 12.1 Å². The molecule has 0 saturated heterocycles. The highest BCUT2D eigenvalue weighted by atomic mass is 127. The van der Waals surface area contributed by atoms with Crippen LogP contribution in [0.1, 0.15) is 6.42 Å². The third-order valence-corrected chi connectivity index (χ3v) is 2.18. The van der Waals surface area contributed by atoms with Gasteiger partial charge in [0.1, 0.15) is 11.7 Å². The first-order valence-corrected chi connectivity index (χ1v) is 5.25. The van der Waals surface area contributed by atoms with Crippen molar-refractivity contribution in [2.24, 2.45) is 5.92 Å². The van der Waals surface area contributed by atoms with E-state index in [1.54, 1.807) is 0 Å². The Morgan fingerprint density at radius 3 is 2.00 bits per heavy atom. The third-order valence-electron chi connectivity index (χ3n) is 1.13. The molecule has 0 fully saturated rings. The maximum Gasteiger partial charge on any atom is 0.137 e. The van der Waals surface area contributed by atoms with Crippen molar-refractivity contribution in [3.05, 3.63) is 0 Å². The molecule has 0 rings (SSSR count). The summed E-state index contributed by atoms with van der Waals surface area (Å²) in [6.45, 7) is 0. The van der Waals surface area contributed by atoms with Crippen molar-refractivity contribution in [2.75, 3.05) is 18.3 Å². The Kier molecular flexibility index (Phi) is 10.1. The molecule has 0 radical (unpaired) electrons. The van der Waals surface area contributed by atoms with E-state index in [9.17, 15) is 0 Å². The normalized spacial score (nSPS) is 8.55. The van der Waals surface area contributed by atoms with Crippen molar-refractivity contribution in [1.82, 2.24) is 0 Å². The van der Waals surface area contributed by atoms with E-state index in [0.29, 0.717) is 10.9 Å². The molecule has 0 aliphatic rings. The first kappa shape index (κ1) is 13.6. The minimum atomic E-state index is -0.394. The Balaban J connectivity index is 0. The maximum absolute atomic E-state index is 8.37. The number of rotatable bonds is 3. The fourth-order valence-corrected chi connectivity index (χ4v) is 1.22. The Morgan fingerprint density at radius 2 is 1.73 bits per heavy atom. The monoisotopic (exact) mass is 282 g/mol. The smallest absolute Gasteiger partial charge is 0.137 e. The number of hydrogen-bond donors (Lipinski definition) is 0.